The summed E-state index contributed by atoms with van der Waals surface area (Å²) in [7, 11) is 0. The van der Waals surface area contributed by atoms with Crippen molar-refractivity contribution in [1.82, 2.24) is 9.88 Å². The lowest BCUT2D eigenvalue weighted by atomic mass is 9.97. The van der Waals surface area contributed by atoms with Crippen LogP contribution in [0.25, 0.3) is 11.1 Å². The van der Waals surface area contributed by atoms with Crippen LogP contribution in [-0.4, -0.2) is 28.9 Å². The molecule has 3 rings (SSSR count). The molecule has 0 aliphatic carbocycles. The number of likely N-dealkylation sites (tertiary alicyclic amines) is 1. The number of para-hydroxylation sites is 1. The molecule has 1 aliphatic heterocycles. The molecular weight excluding hydrogens is 256 g/mol. The Bertz CT molecular complexity index is 637. The van der Waals surface area contributed by atoms with Gasteiger partial charge in [-0.1, -0.05) is 6.07 Å². The van der Waals surface area contributed by atoms with Crippen molar-refractivity contribution in [3.8, 4) is 0 Å². The maximum Gasteiger partial charge on any atom is 0.221 e. The number of aromatic nitrogens is 1. The molecule has 20 heavy (non-hydrogen) atoms. The molecule has 2 heterocycles. The second-order valence-electron chi connectivity index (χ2n) is 5.28. The smallest absolute Gasteiger partial charge is 0.221 e. The third kappa shape index (κ3) is 2.46. The standard InChI is InChI=1S/C14H18N4O2/c15-10-4-1-5-11-13(10)17-12(20-11)8-18-6-2-3-9(7-18)14(16)19/h1,4-5,9H,2-3,6-8,15H2,(H2,16,19). The maximum atomic E-state index is 11.3. The Morgan fingerprint density at radius 2 is 2.35 bits per heavy atom. The quantitative estimate of drug-likeness (QED) is 0.817. The average molecular weight is 274 g/mol. The number of piperidine rings is 1. The monoisotopic (exact) mass is 274 g/mol. The molecule has 1 unspecified atom stereocenters. The zero-order valence-corrected chi connectivity index (χ0v) is 11.2. The van der Waals surface area contributed by atoms with Gasteiger partial charge in [-0.2, -0.15) is 0 Å². The summed E-state index contributed by atoms with van der Waals surface area (Å²) in [5.74, 6) is 0.331. The molecule has 106 valence electrons. The largest absolute Gasteiger partial charge is 0.439 e. The second kappa shape index (κ2) is 5.13. The van der Waals surface area contributed by atoms with E-state index in [-0.39, 0.29) is 11.8 Å². The Morgan fingerprint density at radius 3 is 3.10 bits per heavy atom. The first-order valence-corrected chi connectivity index (χ1v) is 6.79. The number of nitrogen functional groups attached to an aromatic ring is 1. The molecule has 1 aromatic heterocycles. The molecule has 1 amide bonds. The van der Waals surface area contributed by atoms with Crippen LogP contribution in [0.4, 0.5) is 5.69 Å². The third-order valence-corrected chi connectivity index (χ3v) is 3.76. The van der Waals surface area contributed by atoms with Crippen molar-refractivity contribution in [3.63, 3.8) is 0 Å². The first-order valence-electron chi connectivity index (χ1n) is 6.79. The van der Waals surface area contributed by atoms with Gasteiger partial charge in [0.15, 0.2) is 5.58 Å². The van der Waals surface area contributed by atoms with E-state index in [1.165, 1.54) is 0 Å². The fraction of sp³-hybridized carbons (Fsp3) is 0.429. The molecule has 0 radical (unpaired) electrons. The van der Waals surface area contributed by atoms with Gasteiger partial charge in [-0.25, -0.2) is 4.98 Å². The van der Waals surface area contributed by atoms with Crippen LogP contribution in [0.15, 0.2) is 22.6 Å². The summed E-state index contributed by atoms with van der Waals surface area (Å²) in [5.41, 5.74) is 13.3. The summed E-state index contributed by atoms with van der Waals surface area (Å²) >= 11 is 0. The van der Waals surface area contributed by atoms with Crippen LogP contribution in [0.2, 0.25) is 0 Å². The van der Waals surface area contributed by atoms with Crippen molar-refractivity contribution in [2.75, 3.05) is 18.8 Å². The highest BCUT2D eigenvalue weighted by molar-refractivity contribution is 5.85. The van der Waals surface area contributed by atoms with Crippen LogP contribution >= 0.6 is 0 Å². The van der Waals surface area contributed by atoms with E-state index in [1.54, 1.807) is 6.07 Å². The van der Waals surface area contributed by atoms with Crippen molar-refractivity contribution >= 4 is 22.7 Å². The molecule has 0 bridgehead atoms. The normalized spacial score (nSPS) is 20.3. The van der Waals surface area contributed by atoms with E-state index in [2.05, 4.69) is 9.88 Å². The molecule has 2 aromatic rings. The number of amides is 1. The number of hydrogen-bond acceptors (Lipinski definition) is 5. The minimum Gasteiger partial charge on any atom is -0.439 e. The van der Waals surface area contributed by atoms with Gasteiger partial charge in [-0.15, -0.1) is 0 Å². The third-order valence-electron chi connectivity index (χ3n) is 3.76. The van der Waals surface area contributed by atoms with Crippen molar-refractivity contribution < 1.29 is 9.21 Å². The number of nitrogens with two attached hydrogens (primary N) is 2. The lowest BCUT2D eigenvalue weighted by Gasteiger charge is -2.29. The lowest BCUT2D eigenvalue weighted by Crippen LogP contribution is -2.40. The van der Waals surface area contributed by atoms with E-state index in [1.807, 2.05) is 12.1 Å². The van der Waals surface area contributed by atoms with Crippen molar-refractivity contribution in [2.24, 2.45) is 11.7 Å². The predicted molar refractivity (Wildman–Crippen MR) is 75.6 cm³/mol. The lowest BCUT2D eigenvalue weighted by molar-refractivity contribution is -0.123. The van der Waals surface area contributed by atoms with E-state index < -0.39 is 0 Å². The molecule has 0 saturated carbocycles. The summed E-state index contributed by atoms with van der Waals surface area (Å²) in [6, 6.07) is 5.50. The van der Waals surface area contributed by atoms with Gasteiger partial charge >= 0.3 is 0 Å². The van der Waals surface area contributed by atoms with Crippen LogP contribution in [0.3, 0.4) is 0 Å². The fourth-order valence-corrected chi connectivity index (χ4v) is 2.71. The fourth-order valence-electron chi connectivity index (χ4n) is 2.71. The number of fused-ring (bicyclic) bond motifs is 1. The minimum atomic E-state index is -0.225. The molecule has 1 fully saturated rings. The number of anilines is 1. The van der Waals surface area contributed by atoms with Gasteiger partial charge < -0.3 is 15.9 Å². The number of rotatable bonds is 3. The van der Waals surface area contributed by atoms with Crippen LogP contribution in [-0.2, 0) is 11.3 Å². The average Bonchev–Trinajstić information content (AvgIpc) is 2.83. The zero-order chi connectivity index (χ0) is 14.1. The van der Waals surface area contributed by atoms with E-state index >= 15 is 0 Å². The van der Waals surface area contributed by atoms with Crippen LogP contribution < -0.4 is 11.5 Å². The number of oxazole rings is 1. The zero-order valence-electron chi connectivity index (χ0n) is 11.2. The molecule has 1 aliphatic rings. The molecular formula is C14H18N4O2. The van der Waals surface area contributed by atoms with Gasteiger partial charge in [0.25, 0.3) is 0 Å². The summed E-state index contributed by atoms with van der Waals surface area (Å²) in [4.78, 5) is 17.9. The Morgan fingerprint density at radius 1 is 1.50 bits per heavy atom. The SMILES string of the molecule is NC(=O)C1CCCN(Cc2nc3c(N)cccc3o2)C1. The predicted octanol–water partition coefficient (Wildman–Crippen LogP) is 1.11. The van der Waals surface area contributed by atoms with Crippen molar-refractivity contribution in [2.45, 2.75) is 19.4 Å². The number of nitrogens with zero attached hydrogens (tertiary/aromatic N) is 2. The number of primary amides is 1. The molecule has 6 heteroatoms. The summed E-state index contributed by atoms with van der Waals surface area (Å²) in [6.45, 7) is 2.18. The van der Waals surface area contributed by atoms with Gasteiger partial charge in [0.05, 0.1) is 18.2 Å². The number of hydrogen-bond donors (Lipinski definition) is 2. The molecule has 1 atom stereocenters. The molecule has 0 spiro atoms. The Hall–Kier alpha value is -2.08. The van der Waals surface area contributed by atoms with Crippen LogP contribution in [0, 0.1) is 5.92 Å². The van der Waals surface area contributed by atoms with Gasteiger partial charge in [-0.3, -0.25) is 9.69 Å². The van der Waals surface area contributed by atoms with Crippen LogP contribution in [0.5, 0.6) is 0 Å². The Labute approximate surface area is 116 Å². The number of carbonyl (C=O) groups excluding carboxylic acids is 1. The van der Waals surface area contributed by atoms with Gasteiger partial charge in [0.1, 0.15) is 5.52 Å². The molecule has 1 aromatic carbocycles. The minimum absolute atomic E-state index is 0.0711. The summed E-state index contributed by atoms with van der Waals surface area (Å²) in [6.07, 6.45) is 1.84. The van der Waals surface area contributed by atoms with Gasteiger partial charge in [0, 0.05) is 6.54 Å². The van der Waals surface area contributed by atoms with Gasteiger partial charge in [0.2, 0.25) is 11.8 Å². The first-order chi connectivity index (χ1) is 9.63. The Balaban J connectivity index is 1.76. The second-order valence-corrected chi connectivity index (χ2v) is 5.28. The topological polar surface area (TPSA) is 98.4 Å². The van der Waals surface area contributed by atoms with Crippen LogP contribution in [0.1, 0.15) is 18.7 Å². The highest BCUT2D eigenvalue weighted by Gasteiger charge is 2.25. The maximum absolute atomic E-state index is 11.3. The van der Waals surface area contributed by atoms with Gasteiger partial charge in [-0.05, 0) is 31.5 Å². The van der Waals surface area contributed by atoms with E-state index in [4.69, 9.17) is 15.9 Å². The summed E-state index contributed by atoms with van der Waals surface area (Å²) in [5, 5.41) is 0. The van der Waals surface area contributed by atoms with E-state index in [9.17, 15) is 4.79 Å². The molecule has 1 saturated heterocycles. The molecule has 4 N–H and O–H groups in total. The number of carbonyl (C=O) groups is 1. The highest BCUT2D eigenvalue weighted by atomic mass is 16.3. The number of benzene rings is 1. The van der Waals surface area contributed by atoms with E-state index in [0.717, 1.165) is 19.4 Å². The Kier molecular flexibility index (Phi) is 3.31. The van der Waals surface area contributed by atoms with Crippen molar-refractivity contribution in [1.29, 1.82) is 0 Å². The van der Waals surface area contributed by atoms with E-state index in [0.29, 0.717) is 35.8 Å². The summed E-state index contributed by atoms with van der Waals surface area (Å²) < 4.78 is 5.70. The molecule has 6 nitrogen and oxygen atoms in total. The first kappa shape index (κ1) is 12.9. The highest BCUT2D eigenvalue weighted by Crippen LogP contribution is 2.23. The van der Waals surface area contributed by atoms with Crippen molar-refractivity contribution in [3.05, 3.63) is 24.1 Å².